The van der Waals surface area contributed by atoms with Gasteiger partial charge in [0.05, 0.1) is 11.7 Å². The number of halogens is 4. The molecule has 0 bridgehead atoms. The summed E-state index contributed by atoms with van der Waals surface area (Å²) in [7, 11) is 0. The Morgan fingerprint density at radius 2 is 2.25 bits per heavy atom. The van der Waals surface area contributed by atoms with Crippen molar-refractivity contribution in [2.24, 2.45) is 0 Å². The lowest BCUT2D eigenvalue weighted by Crippen LogP contribution is -2.45. The first-order chi connectivity index (χ1) is 9.36. The van der Waals surface area contributed by atoms with Gasteiger partial charge in [-0.05, 0) is 13.0 Å². The van der Waals surface area contributed by atoms with Crippen LogP contribution in [-0.2, 0) is 10.9 Å². The third kappa shape index (κ3) is 3.97. The maximum absolute atomic E-state index is 12.5. The SMILES string of the molecule is CC1CNCC(COc2ncc(C(F)(F)F)cc2Cl)O1. The Balaban J connectivity index is 1.96. The highest BCUT2D eigenvalue weighted by atomic mass is 35.5. The molecule has 2 atom stereocenters. The van der Waals surface area contributed by atoms with Crippen LogP contribution in [0.15, 0.2) is 12.3 Å². The minimum Gasteiger partial charge on any atom is -0.474 e. The summed E-state index contributed by atoms with van der Waals surface area (Å²) < 4.78 is 48.3. The number of hydrogen-bond donors (Lipinski definition) is 1. The molecular formula is C12H14ClF3N2O2. The maximum atomic E-state index is 12.5. The van der Waals surface area contributed by atoms with Crippen molar-refractivity contribution in [3.63, 3.8) is 0 Å². The molecule has 20 heavy (non-hydrogen) atoms. The molecule has 2 unspecified atom stereocenters. The van der Waals surface area contributed by atoms with Crippen LogP contribution < -0.4 is 10.1 Å². The van der Waals surface area contributed by atoms with Crippen LogP contribution in [0, 0.1) is 0 Å². The van der Waals surface area contributed by atoms with Crippen molar-refractivity contribution < 1.29 is 22.6 Å². The van der Waals surface area contributed by atoms with Crippen molar-refractivity contribution in [3.8, 4) is 5.88 Å². The highest BCUT2D eigenvalue weighted by Gasteiger charge is 2.32. The molecular weight excluding hydrogens is 297 g/mol. The molecule has 1 aliphatic rings. The molecule has 4 nitrogen and oxygen atoms in total. The van der Waals surface area contributed by atoms with Crippen LogP contribution >= 0.6 is 11.6 Å². The van der Waals surface area contributed by atoms with Gasteiger partial charge >= 0.3 is 6.18 Å². The summed E-state index contributed by atoms with van der Waals surface area (Å²) in [6.45, 7) is 3.47. The molecule has 2 rings (SSSR count). The molecule has 1 N–H and O–H groups in total. The zero-order valence-electron chi connectivity index (χ0n) is 10.7. The molecule has 1 fully saturated rings. The lowest BCUT2D eigenvalue weighted by Gasteiger charge is -2.28. The normalized spacial score (nSPS) is 23.6. The third-order valence-electron chi connectivity index (χ3n) is 2.77. The molecule has 0 aliphatic carbocycles. The monoisotopic (exact) mass is 310 g/mol. The van der Waals surface area contributed by atoms with Crippen molar-refractivity contribution in [1.29, 1.82) is 0 Å². The van der Waals surface area contributed by atoms with E-state index in [-0.39, 0.29) is 29.7 Å². The fourth-order valence-electron chi connectivity index (χ4n) is 1.83. The van der Waals surface area contributed by atoms with Crippen LogP contribution in [-0.4, -0.2) is 36.9 Å². The molecule has 2 heterocycles. The standard InChI is InChI=1S/C12H14ClF3N2O2/c1-7-3-17-5-9(20-7)6-19-11-10(13)2-8(4-18-11)12(14,15)16/h2,4,7,9,17H,3,5-6H2,1H3. The van der Waals surface area contributed by atoms with Crippen LogP contribution in [0.3, 0.4) is 0 Å². The van der Waals surface area contributed by atoms with Gasteiger partial charge in [0.1, 0.15) is 17.7 Å². The largest absolute Gasteiger partial charge is 0.474 e. The summed E-state index contributed by atoms with van der Waals surface area (Å²) in [5.41, 5.74) is -0.904. The zero-order chi connectivity index (χ0) is 14.8. The minimum atomic E-state index is -4.47. The number of nitrogens with one attached hydrogen (secondary N) is 1. The molecule has 112 valence electrons. The van der Waals surface area contributed by atoms with Gasteiger partial charge in [-0.3, -0.25) is 0 Å². The van der Waals surface area contributed by atoms with Crippen molar-refractivity contribution in [3.05, 3.63) is 22.8 Å². The number of alkyl halides is 3. The van der Waals surface area contributed by atoms with Gasteiger partial charge in [-0.15, -0.1) is 0 Å². The van der Waals surface area contributed by atoms with E-state index in [1.165, 1.54) is 0 Å². The molecule has 1 aromatic heterocycles. The minimum absolute atomic E-state index is 0.0264. The average Bonchev–Trinajstić information content (AvgIpc) is 2.36. The summed E-state index contributed by atoms with van der Waals surface area (Å²) in [4.78, 5) is 3.60. The van der Waals surface area contributed by atoms with Gasteiger partial charge in [0.15, 0.2) is 0 Å². The summed E-state index contributed by atoms with van der Waals surface area (Å²) >= 11 is 5.74. The van der Waals surface area contributed by atoms with E-state index in [2.05, 4.69) is 10.3 Å². The summed E-state index contributed by atoms with van der Waals surface area (Å²) in [5, 5.41) is 2.99. The first-order valence-corrected chi connectivity index (χ1v) is 6.46. The van der Waals surface area contributed by atoms with E-state index in [4.69, 9.17) is 21.1 Å². The fraction of sp³-hybridized carbons (Fsp3) is 0.583. The highest BCUT2D eigenvalue weighted by molar-refractivity contribution is 6.31. The average molecular weight is 311 g/mol. The lowest BCUT2D eigenvalue weighted by molar-refractivity contribution is -0.137. The van der Waals surface area contributed by atoms with Gasteiger partial charge < -0.3 is 14.8 Å². The molecule has 0 spiro atoms. The topological polar surface area (TPSA) is 43.4 Å². The first-order valence-electron chi connectivity index (χ1n) is 6.08. The Hall–Kier alpha value is -1.05. The van der Waals surface area contributed by atoms with E-state index in [9.17, 15) is 13.2 Å². The van der Waals surface area contributed by atoms with Crippen LogP contribution in [0.5, 0.6) is 5.88 Å². The van der Waals surface area contributed by atoms with Gasteiger partial charge in [-0.25, -0.2) is 4.98 Å². The Morgan fingerprint density at radius 3 is 2.85 bits per heavy atom. The molecule has 0 saturated carbocycles. The Labute approximate surface area is 119 Å². The maximum Gasteiger partial charge on any atom is 0.417 e. The van der Waals surface area contributed by atoms with E-state index in [0.717, 1.165) is 12.6 Å². The number of nitrogens with zero attached hydrogens (tertiary/aromatic N) is 1. The van der Waals surface area contributed by atoms with E-state index < -0.39 is 11.7 Å². The second kappa shape index (κ2) is 6.15. The third-order valence-corrected chi connectivity index (χ3v) is 3.04. The number of aromatic nitrogens is 1. The van der Waals surface area contributed by atoms with Gasteiger partial charge in [0, 0.05) is 19.3 Å². The fourth-order valence-corrected chi connectivity index (χ4v) is 2.05. The molecule has 1 saturated heterocycles. The summed E-state index contributed by atoms with van der Waals surface area (Å²) in [6, 6.07) is 0.798. The molecule has 0 radical (unpaired) electrons. The first kappa shape index (κ1) is 15.3. The van der Waals surface area contributed by atoms with Crippen LogP contribution in [0.4, 0.5) is 13.2 Å². The van der Waals surface area contributed by atoms with Gasteiger partial charge in [-0.1, -0.05) is 11.6 Å². The number of pyridine rings is 1. The second-order valence-corrected chi connectivity index (χ2v) is 4.95. The molecule has 1 aliphatic heterocycles. The molecule has 8 heteroatoms. The Bertz CT molecular complexity index is 471. The quantitative estimate of drug-likeness (QED) is 0.931. The molecule has 0 amide bonds. The molecule has 1 aromatic rings. The Kier molecular flexibility index (Phi) is 4.72. The predicted octanol–water partition coefficient (Wildman–Crippen LogP) is 2.51. The van der Waals surface area contributed by atoms with Crippen molar-refractivity contribution in [2.75, 3.05) is 19.7 Å². The number of ether oxygens (including phenoxy) is 2. The second-order valence-electron chi connectivity index (χ2n) is 4.55. The Morgan fingerprint density at radius 1 is 1.50 bits per heavy atom. The smallest absolute Gasteiger partial charge is 0.417 e. The number of rotatable bonds is 3. The van der Waals surface area contributed by atoms with Crippen LogP contribution in [0.1, 0.15) is 12.5 Å². The van der Waals surface area contributed by atoms with E-state index in [0.29, 0.717) is 12.7 Å². The summed E-state index contributed by atoms with van der Waals surface area (Å²) in [6.07, 6.45) is -3.89. The van der Waals surface area contributed by atoms with Gasteiger partial charge in [0.25, 0.3) is 0 Å². The van der Waals surface area contributed by atoms with Crippen molar-refractivity contribution in [2.45, 2.75) is 25.3 Å². The lowest BCUT2D eigenvalue weighted by atomic mass is 10.2. The van der Waals surface area contributed by atoms with Crippen molar-refractivity contribution in [1.82, 2.24) is 10.3 Å². The zero-order valence-corrected chi connectivity index (χ0v) is 11.5. The van der Waals surface area contributed by atoms with Gasteiger partial charge in [0.2, 0.25) is 5.88 Å². The van der Waals surface area contributed by atoms with Crippen LogP contribution in [0.2, 0.25) is 5.02 Å². The van der Waals surface area contributed by atoms with Crippen molar-refractivity contribution >= 4 is 11.6 Å². The van der Waals surface area contributed by atoms with Crippen LogP contribution in [0.25, 0.3) is 0 Å². The van der Waals surface area contributed by atoms with E-state index in [1.807, 2.05) is 6.92 Å². The van der Waals surface area contributed by atoms with E-state index >= 15 is 0 Å². The summed E-state index contributed by atoms with van der Waals surface area (Å²) in [5.74, 6) is -0.0264. The van der Waals surface area contributed by atoms with Gasteiger partial charge in [-0.2, -0.15) is 13.2 Å². The highest BCUT2D eigenvalue weighted by Crippen LogP contribution is 2.33. The number of hydrogen-bond acceptors (Lipinski definition) is 4. The van der Waals surface area contributed by atoms with E-state index in [1.54, 1.807) is 0 Å². The predicted molar refractivity (Wildman–Crippen MR) is 66.9 cm³/mol. The molecule has 0 aromatic carbocycles. The number of morpholine rings is 1.